The Morgan fingerprint density at radius 2 is 2.00 bits per heavy atom. The highest BCUT2D eigenvalue weighted by Gasteiger charge is 2.44. The van der Waals surface area contributed by atoms with Crippen LogP contribution >= 0.6 is 0 Å². The smallest absolute Gasteiger partial charge is 0.119 e. The van der Waals surface area contributed by atoms with Gasteiger partial charge in [0.25, 0.3) is 0 Å². The molecule has 1 saturated heterocycles. The van der Waals surface area contributed by atoms with Gasteiger partial charge in [-0.2, -0.15) is 5.26 Å². The Morgan fingerprint density at radius 3 is 2.56 bits per heavy atom. The second kappa shape index (κ2) is 4.35. The van der Waals surface area contributed by atoms with Crippen LogP contribution in [-0.2, 0) is 0 Å². The van der Waals surface area contributed by atoms with Crippen LogP contribution in [0.15, 0.2) is 0 Å². The van der Waals surface area contributed by atoms with Crippen LogP contribution in [0.3, 0.4) is 0 Å². The average molecular weight is 221 g/mol. The van der Waals surface area contributed by atoms with Crippen LogP contribution in [0.1, 0.15) is 39.5 Å². The van der Waals surface area contributed by atoms with Crippen molar-refractivity contribution >= 4 is 0 Å². The maximum atomic E-state index is 9.28. The lowest BCUT2D eigenvalue weighted by Gasteiger charge is -2.40. The fourth-order valence-corrected chi connectivity index (χ4v) is 2.79. The normalized spacial score (nSPS) is 35.4. The molecular formula is C13H23N3. The maximum Gasteiger partial charge on any atom is 0.119 e. The van der Waals surface area contributed by atoms with Crippen molar-refractivity contribution in [3.8, 4) is 6.07 Å². The molecule has 0 aromatic rings. The predicted molar refractivity (Wildman–Crippen MR) is 64.7 cm³/mol. The Morgan fingerprint density at radius 1 is 1.31 bits per heavy atom. The van der Waals surface area contributed by atoms with E-state index in [9.17, 15) is 5.26 Å². The average Bonchev–Trinajstić information content (AvgIpc) is 3.07. The zero-order chi connectivity index (χ0) is 11.8. The highest BCUT2D eigenvalue weighted by Crippen LogP contribution is 2.39. The molecular weight excluding hydrogens is 198 g/mol. The van der Waals surface area contributed by atoms with Crippen molar-refractivity contribution in [3.05, 3.63) is 0 Å². The minimum Gasteiger partial charge on any atom is -0.312 e. The molecule has 3 atom stereocenters. The summed E-state index contributed by atoms with van der Waals surface area (Å²) in [6, 6.07) is 2.95. The summed E-state index contributed by atoms with van der Waals surface area (Å²) in [5.74, 6) is 1.19. The maximum absolute atomic E-state index is 9.28. The number of nitrogens with two attached hydrogens (primary N) is 1. The minimum absolute atomic E-state index is 0.446. The van der Waals surface area contributed by atoms with E-state index in [1.165, 1.54) is 12.8 Å². The van der Waals surface area contributed by atoms with E-state index >= 15 is 0 Å². The number of nitriles is 1. The van der Waals surface area contributed by atoms with E-state index in [2.05, 4.69) is 24.8 Å². The zero-order valence-electron chi connectivity index (χ0n) is 10.4. The van der Waals surface area contributed by atoms with E-state index in [0.29, 0.717) is 12.0 Å². The molecule has 1 heterocycles. The lowest BCUT2D eigenvalue weighted by Crippen LogP contribution is -2.55. The van der Waals surface area contributed by atoms with Crippen molar-refractivity contribution in [2.45, 2.75) is 51.1 Å². The lowest BCUT2D eigenvalue weighted by atomic mass is 9.90. The number of hydrogen-bond acceptors (Lipinski definition) is 3. The van der Waals surface area contributed by atoms with E-state index in [4.69, 9.17) is 5.73 Å². The molecule has 90 valence electrons. The first-order chi connectivity index (χ1) is 7.55. The standard InChI is InChI=1S/C13H23N3/c1-10-3-4-11(2)16(7-10)9-13(15,8-14)12-5-6-12/h10-12H,3-7,9,15H2,1-2H3. The molecule has 1 aliphatic heterocycles. The van der Waals surface area contributed by atoms with Crippen molar-refractivity contribution in [2.75, 3.05) is 13.1 Å². The van der Waals surface area contributed by atoms with Crippen molar-refractivity contribution < 1.29 is 0 Å². The Balaban J connectivity index is 1.99. The molecule has 2 N–H and O–H groups in total. The molecule has 0 spiro atoms. The van der Waals surface area contributed by atoms with Gasteiger partial charge in [-0.25, -0.2) is 0 Å². The van der Waals surface area contributed by atoms with E-state index in [1.807, 2.05) is 0 Å². The van der Waals surface area contributed by atoms with Crippen LogP contribution in [0, 0.1) is 23.2 Å². The fraction of sp³-hybridized carbons (Fsp3) is 0.923. The van der Waals surface area contributed by atoms with Crippen LogP contribution in [0.25, 0.3) is 0 Å². The molecule has 0 bridgehead atoms. The van der Waals surface area contributed by atoms with Gasteiger partial charge in [0, 0.05) is 19.1 Å². The molecule has 0 radical (unpaired) electrons. The Kier molecular flexibility index (Phi) is 3.23. The van der Waals surface area contributed by atoms with Crippen LogP contribution < -0.4 is 5.73 Å². The highest BCUT2D eigenvalue weighted by molar-refractivity contribution is 5.15. The molecule has 2 rings (SSSR count). The summed E-state index contributed by atoms with van der Waals surface area (Å²) in [5.41, 5.74) is 5.65. The molecule has 16 heavy (non-hydrogen) atoms. The minimum atomic E-state index is -0.592. The van der Waals surface area contributed by atoms with Gasteiger partial charge in [-0.1, -0.05) is 6.92 Å². The van der Waals surface area contributed by atoms with Gasteiger partial charge in [-0.15, -0.1) is 0 Å². The van der Waals surface area contributed by atoms with Gasteiger partial charge in [-0.3, -0.25) is 4.90 Å². The van der Waals surface area contributed by atoms with E-state index < -0.39 is 5.54 Å². The van der Waals surface area contributed by atoms with Gasteiger partial charge in [0.05, 0.1) is 6.07 Å². The summed E-state index contributed by atoms with van der Waals surface area (Å²) in [6.45, 7) is 6.42. The fourth-order valence-electron chi connectivity index (χ4n) is 2.79. The number of likely N-dealkylation sites (tertiary alicyclic amines) is 1. The molecule has 0 aromatic carbocycles. The number of piperidine rings is 1. The number of hydrogen-bond donors (Lipinski definition) is 1. The molecule has 3 unspecified atom stereocenters. The highest BCUT2D eigenvalue weighted by atomic mass is 15.2. The second-order valence-electron chi connectivity index (χ2n) is 5.89. The Bertz CT molecular complexity index is 292. The predicted octanol–water partition coefficient (Wildman–Crippen LogP) is 1.74. The largest absolute Gasteiger partial charge is 0.312 e. The Hall–Kier alpha value is -0.590. The van der Waals surface area contributed by atoms with Crippen LogP contribution in [0.5, 0.6) is 0 Å². The summed E-state index contributed by atoms with van der Waals surface area (Å²) < 4.78 is 0. The van der Waals surface area contributed by atoms with Crippen LogP contribution in [0.4, 0.5) is 0 Å². The zero-order valence-corrected chi connectivity index (χ0v) is 10.4. The van der Waals surface area contributed by atoms with E-state index in [1.54, 1.807) is 0 Å². The van der Waals surface area contributed by atoms with Gasteiger partial charge in [-0.05, 0) is 44.4 Å². The van der Waals surface area contributed by atoms with E-state index in [-0.39, 0.29) is 0 Å². The van der Waals surface area contributed by atoms with Crippen LogP contribution in [0.2, 0.25) is 0 Å². The van der Waals surface area contributed by atoms with Crippen molar-refractivity contribution in [3.63, 3.8) is 0 Å². The number of rotatable bonds is 3. The second-order valence-corrected chi connectivity index (χ2v) is 5.89. The van der Waals surface area contributed by atoms with Gasteiger partial charge < -0.3 is 5.73 Å². The van der Waals surface area contributed by atoms with Crippen molar-refractivity contribution in [1.82, 2.24) is 4.90 Å². The SMILES string of the molecule is CC1CCC(C)N(CC(N)(C#N)C2CC2)C1. The summed E-state index contributed by atoms with van der Waals surface area (Å²) in [7, 11) is 0. The molecule has 1 aliphatic carbocycles. The van der Waals surface area contributed by atoms with Gasteiger partial charge in [0.2, 0.25) is 0 Å². The van der Waals surface area contributed by atoms with Gasteiger partial charge in [0.1, 0.15) is 5.54 Å². The summed E-state index contributed by atoms with van der Waals surface area (Å²) >= 11 is 0. The van der Waals surface area contributed by atoms with Gasteiger partial charge >= 0.3 is 0 Å². The summed E-state index contributed by atoms with van der Waals surface area (Å²) in [5, 5.41) is 9.28. The molecule has 2 fully saturated rings. The van der Waals surface area contributed by atoms with Crippen LogP contribution in [-0.4, -0.2) is 29.6 Å². The van der Waals surface area contributed by atoms with Crippen molar-refractivity contribution in [2.24, 2.45) is 17.6 Å². The lowest BCUT2D eigenvalue weighted by molar-refractivity contribution is 0.102. The van der Waals surface area contributed by atoms with Gasteiger partial charge in [0.15, 0.2) is 0 Å². The first-order valence-corrected chi connectivity index (χ1v) is 6.49. The molecule has 3 heteroatoms. The Labute approximate surface area is 98.6 Å². The third kappa shape index (κ3) is 2.39. The molecule has 0 aromatic heterocycles. The third-order valence-corrected chi connectivity index (χ3v) is 4.23. The first-order valence-electron chi connectivity index (χ1n) is 6.49. The first kappa shape index (κ1) is 11.9. The third-order valence-electron chi connectivity index (χ3n) is 4.23. The summed E-state index contributed by atoms with van der Waals surface area (Å²) in [4.78, 5) is 2.43. The molecule has 1 saturated carbocycles. The monoisotopic (exact) mass is 221 g/mol. The molecule has 3 nitrogen and oxygen atoms in total. The quantitative estimate of drug-likeness (QED) is 0.789. The topological polar surface area (TPSA) is 53.0 Å². The molecule has 2 aliphatic rings. The summed E-state index contributed by atoms with van der Waals surface area (Å²) in [6.07, 6.45) is 4.84. The number of nitrogens with zero attached hydrogens (tertiary/aromatic N) is 2. The van der Waals surface area contributed by atoms with Crippen molar-refractivity contribution in [1.29, 1.82) is 5.26 Å². The molecule has 0 amide bonds. The van der Waals surface area contributed by atoms with E-state index in [0.717, 1.165) is 31.8 Å².